The van der Waals surface area contributed by atoms with Crippen molar-refractivity contribution in [1.82, 2.24) is 0 Å². The second-order valence-electron chi connectivity index (χ2n) is 3.79. The molecular weight excluding hydrogens is 222 g/mol. The summed E-state index contributed by atoms with van der Waals surface area (Å²) in [5.41, 5.74) is 6.57. The van der Waals surface area contributed by atoms with Gasteiger partial charge in [-0.1, -0.05) is 32.0 Å². The van der Waals surface area contributed by atoms with Gasteiger partial charge < -0.3 is 10.5 Å². The van der Waals surface area contributed by atoms with Gasteiger partial charge in [0, 0.05) is 28.2 Å². The highest BCUT2D eigenvalue weighted by Crippen LogP contribution is 2.16. The lowest BCUT2D eigenvalue weighted by molar-refractivity contribution is 0.339. The van der Waals surface area contributed by atoms with Crippen LogP contribution in [-0.4, -0.2) is 21.8 Å². The summed E-state index contributed by atoms with van der Waals surface area (Å²) in [4.78, 5) is 0. The number of benzene rings is 1. The monoisotopic (exact) mass is 241 g/mol. The molecule has 3 nitrogen and oxygen atoms in total. The molecule has 0 radical (unpaired) electrons. The number of hydrogen-bond donors (Lipinski definition) is 1. The van der Waals surface area contributed by atoms with Crippen LogP contribution in [0.2, 0.25) is 0 Å². The number of nitrogens with two attached hydrogens (primary N) is 1. The van der Waals surface area contributed by atoms with Crippen LogP contribution in [0, 0.1) is 0 Å². The van der Waals surface area contributed by atoms with E-state index in [-0.39, 0.29) is 5.25 Å². The Labute approximate surface area is 99.4 Å². The summed E-state index contributed by atoms with van der Waals surface area (Å²) in [5, 5.41) is 0.188. The standard InChI is InChI=1S/C12H19NO2S/c1-10(2)16(14)8-7-15-12-6-4-3-5-11(12)9-13/h3-6,10H,7-9,13H2,1-2H3. The normalized spacial score (nSPS) is 12.8. The molecule has 1 aromatic rings. The molecule has 0 amide bonds. The minimum atomic E-state index is -0.810. The van der Waals surface area contributed by atoms with Gasteiger partial charge in [0.25, 0.3) is 0 Å². The van der Waals surface area contributed by atoms with Gasteiger partial charge >= 0.3 is 0 Å². The summed E-state index contributed by atoms with van der Waals surface area (Å²) in [6.07, 6.45) is 0. The highest BCUT2D eigenvalue weighted by atomic mass is 32.2. The third-order valence-electron chi connectivity index (χ3n) is 2.26. The van der Waals surface area contributed by atoms with Crippen LogP contribution >= 0.6 is 0 Å². The predicted octanol–water partition coefficient (Wildman–Crippen LogP) is 1.68. The molecule has 0 bridgehead atoms. The SMILES string of the molecule is CC(C)S(=O)CCOc1ccccc1CN. The van der Waals surface area contributed by atoms with Gasteiger partial charge in [-0.25, -0.2) is 0 Å². The zero-order valence-corrected chi connectivity index (χ0v) is 10.6. The van der Waals surface area contributed by atoms with Gasteiger partial charge in [0.1, 0.15) is 5.75 Å². The molecule has 90 valence electrons. The van der Waals surface area contributed by atoms with Gasteiger partial charge in [-0.3, -0.25) is 4.21 Å². The van der Waals surface area contributed by atoms with Crippen molar-refractivity contribution in [1.29, 1.82) is 0 Å². The Kier molecular flexibility index (Phi) is 5.49. The number of ether oxygens (including phenoxy) is 1. The fourth-order valence-corrected chi connectivity index (χ4v) is 2.00. The smallest absolute Gasteiger partial charge is 0.123 e. The molecule has 2 N–H and O–H groups in total. The van der Waals surface area contributed by atoms with Crippen molar-refractivity contribution < 1.29 is 8.95 Å². The summed E-state index contributed by atoms with van der Waals surface area (Å²) in [6.45, 7) is 4.83. The summed E-state index contributed by atoms with van der Waals surface area (Å²) in [7, 11) is -0.810. The molecule has 0 saturated carbocycles. The second-order valence-corrected chi connectivity index (χ2v) is 5.91. The first kappa shape index (κ1) is 13.2. The van der Waals surface area contributed by atoms with Crippen molar-refractivity contribution in [2.45, 2.75) is 25.6 Å². The molecule has 1 atom stereocenters. The lowest BCUT2D eigenvalue weighted by Gasteiger charge is -2.10. The van der Waals surface area contributed by atoms with Crippen LogP contribution < -0.4 is 10.5 Å². The molecule has 0 saturated heterocycles. The molecule has 0 spiro atoms. The molecule has 0 aliphatic carbocycles. The highest BCUT2D eigenvalue weighted by Gasteiger charge is 2.06. The van der Waals surface area contributed by atoms with Crippen LogP contribution in [0.25, 0.3) is 0 Å². The van der Waals surface area contributed by atoms with Crippen LogP contribution in [0.15, 0.2) is 24.3 Å². The first-order valence-electron chi connectivity index (χ1n) is 5.43. The van der Waals surface area contributed by atoms with Gasteiger partial charge in [-0.05, 0) is 6.07 Å². The molecular formula is C12H19NO2S. The van der Waals surface area contributed by atoms with Crippen LogP contribution in [-0.2, 0) is 17.3 Å². The Bertz CT molecular complexity index is 353. The summed E-state index contributed by atoms with van der Waals surface area (Å²) >= 11 is 0. The molecule has 0 aliphatic heterocycles. The Morgan fingerprint density at radius 2 is 2.06 bits per heavy atom. The Morgan fingerprint density at radius 1 is 1.38 bits per heavy atom. The maximum Gasteiger partial charge on any atom is 0.123 e. The van der Waals surface area contributed by atoms with E-state index in [1.165, 1.54) is 0 Å². The lowest BCUT2D eigenvalue weighted by atomic mass is 10.2. The van der Waals surface area contributed by atoms with Crippen molar-refractivity contribution in [3.63, 3.8) is 0 Å². The van der Waals surface area contributed by atoms with Crippen molar-refractivity contribution in [3.05, 3.63) is 29.8 Å². The lowest BCUT2D eigenvalue weighted by Crippen LogP contribution is -2.16. The predicted molar refractivity (Wildman–Crippen MR) is 68.0 cm³/mol. The first-order valence-corrected chi connectivity index (χ1v) is 6.81. The maximum absolute atomic E-state index is 11.5. The van der Waals surface area contributed by atoms with Gasteiger partial charge in [-0.2, -0.15) is 0 Å². The van der Waals surface area contributed by atoms with Gasteiger partial charge in [0.15, 0.2) is 0 Å². The van der Waals surface area contributed by atoms with Crippen LogP contribution in [0.4, 0.5) is 0 Å². The minimum Gasteiger partial charge on any atom is -0.492 e. The zero-order valence-electron chi connectivity index (χ0n) is 9.81. The van der Waals surface area contributed by atoms with Crippen LogP contribution in [0.5, 0.6) is 5.75 Å². The van der Waals surface area contributed by atoms with Crippen molar-refractivity contribution in [2.75, 3.05) is 12.4 Å². The average Bonchev–Trinajstić information content (AvgIpc) is 2.29. The van der Waals surface area contributed by atoms with Gasteiger partial charge in [0.05, 0.1) is 12.4 Å². The van der Waals surface area contributed by atoms with E-state index in [4.69, 9.17) is 10.5 Å². The molecule has 16 heavy (non-hydrogen) atoms. The molecule has 4 heteroatoms. The van der Waals surface area contributed by atoms with Gasteiger partial charge in [0.2, 0.25) is 0 Å². The zero-order chi connectivity index (χ0) is 12.0. The first-order chi connectivity index (χ1) is 7.65. The quantitative estimate of drug-likeness (QED) is 0.824. The largest absolute Gasteiger partial charge is 0.492 e. The highest BCUT2D eigenvalue weighted by molar-refractivity contribution is 7.85. The Morgan fingerprint density at radius 3 is 2.69 bits per heavy atom. The second kappa shape index (κ2) is 6.66. The number of para-hydroxylation sites is 1. The van der Waals surface area contributed by atoms with Crippen molar-refractivity contribution in [2.24, 2.45) is 5.73 Å². The third kappa shape index (κ3) is 3.94. The van der Waals surface area contributed by atoms with E-state index in [1.54, 1.807) is 0 Å². The Balaban J connectivity index is 2.45. The molecule has 0 aromatic heterocycles. The van der Waals surface area contributed by atoms with E-state index >= 15 is 0 Å². The molecule has 1 unspecified atom stereocenters. The minimum absolute atomic E-state index is 0.188. The summed E-state index contributed by atoms with van der Waals surface area (Å²) in [6, 6.07) is 7.67. The van der Waals surface area contributed by atoms with Crippen LogP contribution in [0.3, 0.4) is 0 Å². The molecule has 1 rings (SSSR count). The third-order valence-corrected chi connectivity index (χ3v) is 3.88. The molecule has 0 fully saturated rings. The van der Waals surface area contributed by atoms with E-state index in [0.717, 1.165) is 11.3 Å². The topological polar surface area (TPSA) is 52.3 Å². The average molecular weight is 241 g/mol. The number of hydrogen-bond acceptors (Lipinski definition) is 3. The van der Waals surface area contributed by atoms with E-state index in [1.807, 2.05) is 38.1 Å². The molecule has 1 aromatic carbocycles. The maximum atomic E-state index is 11.5. The van der Waals surface area contributed by atoms with Crippen molar-refractivity contribution in [3.8, 4) is 5.75 Å². The van der Waals surface area contributed by atoms with E-state index in [2.05, 4.69) is 0 Å². The Hall–Kier alpha value is -0.870. The molecule has 0 heterocycles. The number of rotatable bonds is 6. The fourth-order valence-electron chi connectivity index (χ4n) is 1.28. The summed E-state index contributed by atoms with van der Waals surface area (Å²) < 4.78 is 17.1. The van der Waals surface area contributed by atoms with E-state index in [9.17, 15) is 4.21 Å². The molecule has 0 aliphatic rings. The summed E-state index contributed by atoms with van der Waals surface area (Å²) in [5.74, 6) is 1.36. The fraction of sp³-hybridized carbons (Fsp3) is 0.500. The van der Waals surface area contributed by atoms with E-state index < -0.39 is 10.8 Å². The van der Waals surface area contributed by atoms with Crippen LogP contribution in [0.1, 0.15) is 19.4 Å². The van der Waals surface area contributed by atoms with Gasteiger partial charge in [-0.15, -0.1) is 0 Å². The van der Waals surface area contributed by atoms with E-state index in [0.29, 0.717) is 18.9 Å². The van der Waals surface area contributed by atoms with Crippen molar-refractivity contribution >= 4 is 10.8 Å².